The topological polar surface area (TPSA) is 62.0 Å². The standard InChI is InChI=1S/C29H56O6/c1-25(2,19-30-15-23-17-32-23)11-13-27(5,6)21-34-29(9,10)35-22-28(7,8)14-12-26(3,4)20-31-16-24-18-33-24/h23-24H,11-22H2,1-10H3. The van der Waals surface area contributed by atoms with Crippen LogP contribution in [0.5, 0.6) is 0 Å². The van der Waals surface area contributed by atoms with Gasteiger partial charge >= 0.3 is 0 Å². The molecule has 0 aromatic carbocycles. The van der Waals surface area contributed by atoms with Crippen LogP contribution in [0.25, 0.3) is 0 Å². The van der Waals surface area contributed by atoms with Gasteiger partial charge in [0.05, 0.1) is 52.9 Å². The highest BCUT2D eigenvalue weighted by Crippen LogP contribution is 2.35. The third-order valence-corrected chi connectivity index (χ3v) is 6.98. The summed E-state index contributed by atoms with van der Waals surface area (Å²) in [5.41, 5.74) is 0.435. The zero-order chi connectivity index (χ0) is 26.4. The first-order valence-electron chi connectivity index (χ1n) is 13.7. The Bertz CT molecular complexity index is 565. The molecule has 6 nitrogen and oxygen atoms in total. The van der Waals surface area contributed by atoms with Crippen molar-refractivity contribution in [1.29, 1.82) is 0 Å². The lowest BCUT2D eigenvalue weighted by atomic mass is 9.79. The molecule has 2 saturated heterocycles. The summed E-state index contributed by atoms with van der Waals surface area (Å²) in [6.07, 6.45) is 5.00. The molecule has 0 spiro atoms. The lowest BCUT2D eigenvalue weighted by Gasteiger charge is -2.37. The van der Waals surface area contributed by atoms with Gasteiger partial charge in [0.2, 0.25) is 0 Å². The smallest absolute Gasteiger partial charge is 0.162 e. The highest BCUT2D eigenvalue weighted by Gasteiger charge is 2.32. The average molecular weight is 501 g/mol. The molecule has 208 valence electrons. The summed E-state index contributed by atoms with van der Waals surface area (Å²) in [6.45, 7) is 28.3. The Labute approximate surface area is 216 Å². The minimum absolute atomic E-state index is 0.0720. The van der Waals surface area contributed by atoms with Gasteiger partial charge in [-0.1, -0.05) is 55.4 Å². The van der Waals surface area contributed by atoms with E-state index in [0.717, 1.165) is 65.3 Å². The second kappa shape index (κ2) is 12.5. The van der Waals surface area contributed by atoms with Gasteiger partial charge in [-0.2, -0.15) is 0 Å². The molecule has 2 rings (SSSR count). The third kappa shape index (κ3) is 14.9. The van der Waals surface area contributed by atoms with E-state index in [9.17, 15) is 0 Å². The molecule has 2 heterocycles. The molecular formula is C29H56O6. The maximum absolute atomic E-state index is 6.30. The molecule has 0 radical (unpaired) electrons. The Morgan fingerprint density at radius 2 is 0.800 bits per heavy atom. The van der Waals surface area contributed by atoms with E-state index in [2.05, 4.69) is 55.4 Å². The fourth-order valence-electron chi connectivity index (χ4n) is 3.68. The summed E-state index contributed by atoms with van der Waals surface area (Å²) in [7, 11) is 0. The van der Waals surface area contributed by atoms with Gasteiger partial charge in [-0.3, -0.25) is 0 Å². The van der Waals surface area contributed by atoms with Crippen LogP contribution in [0.2, 0.25) is 0 Å². The van der Waals surface area contributed by atoms with Gasteiger partial charge in [-0.25, -0.2) is 0 Å². The summed E-state index contributed by atoms with van der Waals surface area (Å²) < 4.78 is 34.8. The van der Waals surface area contributed by atoms with E-state index in [1.165, 1.54) is 0 Å². The summed E-state index contributed by atoms with van der Waals surface area (Å²) in [6, 6.07) is 0. The van der Waals surface area contributed by atoms with Crippen LogP contribution in [-0.2, 0) is 28.4 Å². The summed E-state index contributed by atoms with van der Waals surface area (Å²) >= 11 is 0. The van der Waals surface area contributed by atoms with Crippen molar-refractivity contribution in [1.82, 2.24) is 0 Å². The summed E-state index contributed by atoms with van der Waals surface area (Å²) in [5.74, 6) is -0.611. The van der Waals surface area contributed by atoms with Crippen LogP contribution < -0.4 is 0 Å². The minimum atomic E-state index is -0.611. The van der Waals surface area contributed by atoms with E-state index in [1.54, 1.807) is 0 Å². The second-order valence-corrected chi connectivity index (χ2v) is 14.6. The largest absolute Gasteiger partial charge is 0.378 e. The highest BCUT2D eigenvalue weighted by atomic mass is 16.7. The first-order valence-corrected chi connectivity index (χ1v) is 13.7. The Morgan fingerprint density at radius 1 is 0.514 bits per heavy atom. The molecular weight excluding hydrogens is 444 g/mol. The zero-order valence-electron chi connectivity index (χ0n) is 24.6. The lowest BCUT2D eigenvalue weighted by molar-refractivity contribution is -0.237. The Hall–Kier alpha value is -0.240. The van der Waals surface area contributed by atoms with E-state index in [4.69, 9.17) is 28.4 Å². The first-order chi connectivity index (χ1) is 16.0. The zero-order valence-corrected chi connectivity index (χ0v) is 24.6. The van der Waals surface area contributed by atoms with Crippen molar-refractivity contribution in [3.63, 3.8) is 0 Å². The van der Waals surface area contributed by atoms with Crippen LogP contribution in [0.15, 0.2) is 0 Å². The van der Waals surface area contributed by atoms with Crippen LogP contribution in [0.1, 0.15) is 94.9 Å². The molecule has 0 amide bonds. The first kappa shape index (κ1) is 31.0. The number of hydrogen-bond acceptors (Lipinski definition) is 6. The Morgan fingerprint density at radius 3 is 1.09 bits per heavy atom. The van der Waals surface area contributed by atoms with Crippen molar-refractivity contribution < 1.29 is 28.4 Å². The van der Waals surface area contributed by atoms with Crippen molar-refractivity contribution in [3.05, 3.63) is 0 Å². The molecule has 0 N–H and O–H groups in total. The van der Waals surface area contributed by atoms with Crippen molar-refractivity contribution in [2.24, 2.45) is 21.7 Å². The SMILES string of the molecule is CC(C)(CCC(C)(C)COC(C)(C)OCC(C)(C)CCC(C)(C)COCC1CO1)COCC1CO1. The molecule has 6 heteroatoms. The molecule has 0 aliphatic carbocycles. The van der Waals surface area contributed by atoms with Gasteiger partial charge in [0.1, 0.15) is 12.2 Å². The summed E-state index contributed by atoms with van der Waals surface area (Å²) in [4.78, 5) is 0. The van der Waals surface area contributed by atoms with Crippen LogP contribution in [0.4, 0.5) is 0 Å². The number of epoxide rings is 2. The quantitative estimate of drug-likeness (QED) is 0.145. The van der Waals surface area contributed by atoms with E-state index < -0.39 is 5.79 Å². The maximum Gasteiger partial charge on any atom is 0.162 e. The van der Waals surface area contributed by atoms with E-state index in [-0.39, 0.29) is 21.7 Å². The second-order valence-electron chi connectivity index (χ2n) is 14.6. The van der Waals surface area contributed by atoms with E-state index >= 15 is 0 Å². The number of rotatable bonds is 20. The van der Waals surface area contributed by atoms with Gasteiger partial charge in [-0.05, 0) is 61.2 Å². The highest BCUT2D eigenvalue weighted by molar-refractivity contribution is 4.79. The number of ether oxygens (including phenoxy) is 6. The van der Waals surface area contributed by atoms with Crippen LogP contribution in [0.3, 0.4) is 0 Å². The predicted molar refractivity (Wildman–Crippen MR) is 141 cm³/mol. The molecule has 2 atom stereocenters. The van der Waals surface area contributed by atoms with Crippen molar-refractivity contribution >= 4 is 0 Å². The van der Waals surface area contributed by atoms with E-state index in [1.807, 2.05) is 13.8 Å². The van der Waals surface area contributed by atoms with Crippen LogP contribution in [0, 0.1) is 21.7 Å². The third-order valence-electron chi connectivity index (χ3n) is 6.98. The van der Waals surface area contributed by atoms with Gasteiger partial charge in [0.25, 0.3) is 0 Å². The molecule has 2 fully saturated rings. The van der Waals surface area contributed by atoms with E-state index in [0.29, 0.717) is 25.4 Å². The molecule has 2 aliphatic heterocycles. The number of hydrogen-bond donors (Lipinski definition) is 0. The molecule has 0 bridgehead atoms. The lowest BCUT2D eigenvalue weighted by Crippen LogP contribution is -2.37. The molecule has 0 aromatic rings. The molecule has 2 unspecified atom stereocenters. The van der Waals surface area contributed by atoms with Gasteiger partial charge < -0.3 is 28.4 Å². The van der Waals surface area contributed by atoms with Gasteiger partial charge in [0, 0.05) is 0 Å². The minimum Gasteiger partial charge on any atom is -0.378 e. The fraction of sp³-hybridized carbons (Fsp3) is 1.00. The molecule has 0 saturated carbocycles. The Kier molecular flexibility index (Phi) is 11.1. The van der Waals surface area contributed by atoms with Crippen molar-refractivity contribution in [2.45, 2.75) is 113 Å². The predicted octanol–water partition coefficient (Wildman–Crippen LogP) is 6.25. The molecule has 2 aliphatic rings. The Balaban J connectivity index is 1.65. The van der Waals surface area contributed by atoms with Crippen molar-refractivity contribution in [2.75, 3.05) is 52.9 Å². The van der Waals surface area contributed by atoms with Gasteiger partial charge in [-0.15, -0.1) is 0 Å². The fourth-order valence-corrected chi connectivity index (χ4v) is 3.68. The van der Waals surface area contributed by atoms with Gasteiger partial charge in [0.15, 0.2) is 5.79 Å². The maximum atomic E-state index is 6.30. The molecule has 35 heavy (non-hydrogen) atoms. The molecule has 0 aromatic heterocycles. The summed E-state index contributed by atoms with van der Waals surface area (Å²) in [5, 5.41) is 0. The monoisotopic (exact) mass is 500 g/mol. The average Bonchev–Trinajstić information content (AvgIpc) is 3.65. The van der Waals surface area contributed by atoms with Crippen LogP contribution in [-0.4, -0.2) is 70.9 Å². The van der Waals surface area contributed by atoms with Crippen molar-refractivity contribution in [3.8, 4) is 0 Å². The normalized spacial score (nSPS) is 21.4. The van der Waals surface area contributed by atoms with Crippen LogP contribution >= 0.6 is 0 Å².